The number of benzene rings is 1. The topological polar surface area (TPSA) is 38.3 Å². The average Bonchev–Trinajstić information content (AvgIpc) is 2.29. The molecule has 0 aromatic heterocycles. The van der Waals surface area contributed by atoms with Crippen LogP contribution in [0.1, 0.15) is 16.8 Å². The van der Waals surface area contributed by atoms with Crippen LogP contribution in [0.25, 0.3) is 0 Å². The van der Waals surface area contributed by atoms with Gasteiger partial charge in [-0.2, -0.15) is 0 Å². The van der Waals surface area contributed by atoms with Gasteiger partial charge in [-0.3, -0.25) is 4.79 Å². The summed E-state index contributed by atoms with van der Waals surface area (Å²) in [5, 5.41) is 3.50. The van der Waals surface area contributed by atoms with E-state index in [1.165, 1.54) is 0 Å². The minimum atomic E-state index is -0.0815. The highest BCUT2D eigenvalue weighted by Gasteiger charge is 2.02. The van der Waals surface area contributed by atoms with Crippen LogP contribution in [0.15, 0.2) is 24.3 Å². The van der Waals surface area contributed by atoms with Gasteiger partial charge in [-0.1, -0.05) is 15.9 Å². The Morgan fingerprint density at radius 2 is 2.07 bits per heavy atom. The molecule has 0 aliphatic rings. The van der Waals surface area contributed by atoms with Gasteiger partial charge in [-0.15, -0.1) is 0 Å². The van der Waals surface area contributed by atoms with Crippen molar-refractivity contribution in [1.29, 1.82) is 0 Å². The number of halogens is 1. The number of alkyl halides is 1. The van der Waals surface area contributed by atoms with Crippen molar-refractivity contribution in [1.82, 2.24) is 5.32 Å². The Bertz CT molecular complexity index is 311. The van der Waals surface area contributed by atoms with Gasteiger partial charge in [-0.25, -0.2) is 0 Å². The number of nitrogens with one attached hydrogen (secondary N) is 1. The van der Waals surface area contributed by atoms with Gasteiger partial charge < -0.3 is 10.1 Å². The first kappa shape index (κ1) is 12.0. The van der Waals surface area contributed by atoms with Gasteiger partial charge in [0, 0.05) is 17.9 Å². The van der Waals surface area contributed by atoms with E-state index in [9.17, 15) is 4.79 Å². The van der Waals surface area contributed by atoms with Crippen molar-refractivity contribution < 1.29 is 9.53 Å². The number of rotatable bonds is 5. The lowest BCUT2D eigenvalue weighted by atomic mass is 10.2. The molecule has 0 unspecified atom stereocenters. The summed E-state index contributed by atoms with van der Waals surface area (Å²) < 4.78 is 5.45. The van der Waals surface area contributed by atoms with Crippen molar-refractivity contribution in [2.75, 3.05) is 19.0 Å². The second-order valence-corrected chi connectivity index (χ2v) is 3.79. The van der Waals surface area contributed by atoms with Crippen LogP contribution in [0.5, 0.6) is 5.75 Å². The molecule has 1 aromatic carbocycles. The van der Waals surface area contributed by atoms with Crippen LogP contribution >= 0.6 is 15.9 Å². The Hall–Kier alpha value is -1.03. The van der Waals surface area contributed by atoms with E-state index in [0.29, 0.717) is 12.2 Å². The summed E-state index contributed by atoms with van der Waals surface area (Å²) in [5.74, 6) is 0.714. The van der Waals surface area contributed by atoms with Gasteiger partial charge in [0.05, 0.1) is 6.61 Å². The Morgan fingerprint density at radius 3 is 2.60 bits per heavy atom. The molecule has 1 amide bonds. The largest absolute Gasteiger partial charge is 0.494 e. The van der Waals surface area contributed by atoms with Gasteiger partial charge in [0.1, 0.15) is 5.75 Å². The summed E-state index contributed by atoms with van der Waals surface area (Å²) >= 11 is 3.33. The molecule has 82 valence electrons. The van der Waals surface area contributed by atoms with E-state index in [4.69, 9.17) is 4.74 Å². The predicted molar refractivity (Wildman–Crippen MR) is 63.7 cm³/mol. The van der Waals surface area contributed by atoms with E-state index in [1.54, 1.807) is 31.3 Å². The van der Waals surface area contributed by atoms with Crippen molar-refractivity contribution in [2.24, 2.45) is 0 Å². The predicted octanol–water partition coefficient (Wildman–Crippen LogP) is 2.21. The van der Waals surface area contributed by atoms with Gasteiger partial charge in [0.15, 0.2) is 0 Å². The lowest BCUT2D eigenvalue weighted by Crippen LogP contribution is -2.17. The molecule has 4 heteroatoms. The zero-order valence-electron chi connectivity index (χ0n) is 8.63. The Morgan fingerprint density at radius 1 is 1.40 bits per heavy atom. The molecule has 0 fully saturated rings. The normalized spacial score (nSPS) is 9.73. The summed E-state index contributed by atoms with van der Waals surface area (Å²) in [6.45, 7) is 0.685. The molecule has 0 saturated heterocycles. The molecule has 15 heavy (non-hydrogen) atoms. The van der Waals surface area contributed by atoms with E-state index >= 15 is 0 Å². The molecule has 0 bridgehead atoms. The van der Waals surface area contributed by atoms with Crippen LogP contribution in [-0.4, -0.2) is 24.9 Å². The van der Waals surface area contributed by atoms with Crippen molar-refractivity contribution in [2.45, 2.75) is 6.42 Å². The summed E-state index contributed by atoms with van der Waals surface area (Å²) in [5.41, 5.74) is 0.644. The fourth-order valence-electron chi connectivity index (χ4n) is 1.09. The van der Waals surface area contributed by atoms with Crippen LogP contribution < -0.4 is 10.1 Å². The highest BCUT2D eigenvalue weighted by Crippen LogP contribution is 2.12. The minimum Gasteiger partial charge on any atom is -0.494 e. The van der Waals surface area contributed by atoms with E-state index in [2.05, 4.69) is 21.2 Å². The van der Waals surface area contributed by atoms with Gasteiger partial charge >= 0.3 is 0 Å². The SMILES string of the molecule is CNC(=O)c1ccc(OCCCBr)cc1. The minimum absolute atomic E-state index is 0.0815. The Balaban J connectivity index is 2.52. The highest BCUT2D eigenvalue weighted by molar-refractivity contribution is 9.09. The van der Waals surface area contributed by atoms with Gasteiger partial charge in [0.25, 0.3) is 5.91 Å². The summed E-state index contributed by atoms with van der Waals surface area (Å²) in [6.07, 6.45) is 0.969. The maximum atomic E-state index is 11.2. The maximum Gasteiger partial charge on any atom is 0.251 e. The van der Waals surface area contributed by atoms with E-state index in [1.807, 2.05) is 0 Å². The molecule has 1 N–H and O–H groups in total. The van der Waals surface area contributed by atoms with Crippen LogP contribution in [0.4, 0.5) is 0 Å². The number of carbonyl (C=O) groups excluding carboxylic acids is 1. The van der Waals surface area contributed by atoms with Crippen molar-refractivity contribution in [3.8, 4) is 5.75 Å². The maximum absolute atomic E-state index is 11.2. The molecule has 0 aliphatic heterocycles. The standard InChI is InChI=1S/C11H14BrNO2/c1-13-11(14)9-3-5-10(6-4-9)15-8-2-7-12/h3-6H,2,7-8H2,1H3,(H,13,14). The fourth-order valence-corrected chi connectivity index (χ4v) is 1.32. The van der Waals surface area contributed by atoms with E-state index in [-0.39, 0.29) is 5.91 Å². The molecule has 0 atom stereocenters. The number of ether oxygens (including phenoxy) is 1. The molecular formula is C11H14BrNO2. The third-order valence-corrected chi connectivity index (χ3v) is 2.45. The molecule has 0 saturated carbocycles. The molecule has 0 heterocycles. The lowest BCUT2D eigenvalue weighted by Gasteiger charge is -2.05. The summed E-state index contributed by atoms with van der Waals surface area (Å²) in [7, 11) is 1.61. The number of amides is 1. The first-order valence-electron chi connectivity index (χ1n) is 4.79. The molecule has 1 rings (SSSR count). The third-order valence-electron chi connectivity index (χ3n) is 1.89. The molecule has 3 nitrogen and oxygen atoms in total. The van der Waals surface area contributed by atoms with Crippen LogP contribution in [0.2, 0.25) is 0 Å². The van der Waals surface area contributed by atoms with E-state index in [0.717, 1.165) is 17.5 Å². The molecule has 1 aromatic rings. The zero-order chi connectivity index (χ0) is 11.1. The highest BCUT2D eigenvalue weighted by atomic mass is 79.9. The van der Waals surface area contributed by atoms with Gasteiger partial charge in [0.2, 0.25) is 0 Å². The van der Waals surface area contributed by atoms with Crippen LogP contribution in [0.3, 0.4) is 0 Å². The van der Waals surface area contributed by atoms with Crippen LogP contribution in [0, 0.1) is 0 Å². The zero-order valence-corrected chi connectivity index (χ0v) is 10.2. The Kier molecular flexibility index (Phi) is 5.18. The second kappa shape index (κ2) is 6.45. The van der Waals surface area contributed by atoms with Gasteiger partial charge in [-0.05, 0) is 30.7 Å². The van der Waals surface area contributed by atoms with Crippen molar-refractivity contribution in [3.63, 3.8) is 0 Å². The second-order valence-electron chi connectivity index (χ2n) is 2.99. The monoisotopic (exact) mass is 271 g/mol. The van der Waals surface area contributed by atoms with Crippen molar-refractivity contribution in [3.05, 3.63) is 29.8 Å². The molecular weight excluding hydrogens is 258 g/mol. The van der Waals surface area contributed by atoms with Crippen LogP contribution in [-0.2, 0) is 0 Å². The first-order valence-corrected chi connectivity index (χ1v) is 5.91. The Labute approximate surface area is 97.9 Å². The molecule has 0 spiro atoms. The van der Waals surface area contributed by atoms with Crippen molar-refractivity contribution >= 4 is 21.8 Å². The molecule has 0 radical (unpaired) electrons. The average molecular weight is 272 g/mol. The summed E-state index contributed by atoms with van der Waals surface area (Å²) in [4.78, 5) is 11.2. The first-order chi connectivity index (χ1) is 7.27. The summed E-state index contributed by atoms with van der Waals surface area (Å²) in [6, 6.07) is 7.11. The quantitative estimate of drug-likeness (QED) is 0.659. The smallest absolute Gasteiger partial charge is 0.251 e. The number of hydrogen-bond donors (Lipinski definition) is 1. The number of hydrogen-bond acceptors (Lipinski definition) is 2. The number of carbonyl (C=O) groups is 1. The van der Waals surface area contributed by atoms with E-state index < -0.39 is 0 Å². The molecule has 0 aliphatic carbocycles. The third kappa shape index (κ3) is 3.91. The fraction of sp³-hybridized carbons (Fsp3) is 0.364. The lowest BCUT2D eigenvalue weighted by molar-refractivity contribution is 0.0963.